The molecule has 5 nitrogen and oxygen atoms in total. The summed E-state index contributed by atoms with van der Waals surface area (Å²) in [4.78, 5) is 4.01. The number of imidazole rings is 1. The normalized spacial score (nSPS) is 10.5. The third-order valence-electron chi connectivity index (χ3n) is 3.66. The van der Waals surface area contributed by atoms with Gasteiger partial charge in [0.15, 0.2) is 11.6 Å². The van der Waals surface area contributed by atoms with Crippen molar-refractivity contribution in [2.75, 3.05) is 5.32 Å². The van der Waals surface area contributed by atoms with Crippen molar-refractivity contribution in [2.45, 2.75) is 0 Å². The largest absolute Gasteiger partial charge is 0.339 e. The van der Waals surface area contributed by atoms with Crippen molar-refractivity contribution < 1.29 is 0 Å². The molecule has 0 fully saturated rings. The van der Waals surface area contributed by atoms with E-state index in [1.165, 1.54) is 5.56 Å². The zero-order valence-corrected chi connectivity index (χ0v) is 12.9. The summed E-state index contributed by atoms with van der Waals surface area (Å²) in [5.74, 6) is 1.43. The molecule has 24 heavy (non-hydrogen) atoms. The average molecular weight is 313 g/mol. The highest BCUT2D eigenvalue weighted by Crippen LogP contribution is 2.24. The van der Waals surface area contributed by atoms with Crippen LogP contribution < -0.4 is 5.32 Å². The van der Waals surface area contributed by atoms with E-state index in [0.29, 0.717) is 5.82 Å². The van der Waals surface area contributed by atoms with Crippen molar-refractivity contribution >= 4 is 11.5 Å². The Bertz CT molecular complexity index is 916. The van der Waals surface area contributed by atoms with Gasteiger partial charge in [-0.1, -0.05) is 42.5 Å². The number of benzene rings is 2. The maximum atomic E-state index is 4.22. The lowest BCUT2D eigenvalue weighted by molar-refractivity contribution is 0.916. The van der Waals surface area contributed by atoms with Crippen molar-refractivity contribution in [1.82, 2.24) is 19.7 Å². The van der Waals surface area contributed by atoms with Gasteiger partial charge in [0.05, 0.1) is 0 Å². The van der Waals surface area contributed by atoms with Crippen LogP contribution in [0, 0.1) is 0 Å². The van der Waals surface area contributed by atoms with Gasteiger partial charge in [-0.05, 0) is 35.4 Å². The van der Waals surface area contributed by atoms with E-state index in [1.807, 2.05) is 53.2 Å². The second-order valence-electron chi connectivity index (χ2n) is 5.32. The molecule has 0 radical (unpaired) electrons. The van der Waals surface area contributed by atoms with E-state index in [1.54, 1.807) is 12.5 Å². The van der Waals surface area contributed by atoms with E-state index >= 15 is 0 Å². The number of hydrogen-bond acceptors (Lipinski definition) is 4. The second-order valence-corrected chi connectivity index (χ2v) is 5.32. The van der Waals surface area contributed by atoms with Crippen LogP contribution in [0.15, 0.2) is 85.5 Å². The Kier molecular flexibility index (Phi) is 3.73. The molecule has 0 spiro atoms. The lowest BCUT2D eigenvalue weighted by Gasteiger charge is -2.08. The number of aromatic nitrogens is 4. The van der Waals surface area contributed by atoms with Crippen LogP contribution in [-0.4, -0.2) is 19.7 Å². The SMILES string of the molecule is c1ccc(-c2cccc(Nc3ccc(-n4ccnc4)nn3)c2)cc1. The molecule has 2 heterocycles. The fourth-order valence-electron chi connectivity index (χ4n) is 2.48. The van der Waals surface area contributed by atoms with E-state index in [2.05, 4.69) is 44.8 Å². The van der Waals surface area contributed by atoms with Crippen molar-refractivity contribution in [3.63, 3.8) is 0 Å². The van der Waals surface area contributed by atoms with Crippen molar-refractivity contribution in [3.05, 3.63) is 85.5 Å². The van der Waals surface area contributed by atoms with Crippen LogP contribution in [0.2, 0.25) is 0 Å². The highest BCUT2D eigenvalue weighted by atomic mass is 15.2. The highest BCUT2D eigenvalue weighted by Gasteiger charge is 2.02. The highest BCUT2D eigenvalue weighted by molar-refractivity contribution is 5.70. The van der Waals surface area contributed by atoms with E-state index < -0.39 is 0 Å². The molecule has 0 aliphatic rings. The predicted octanol–water partition coefficient (Wildman–Crippen LogP) is 4.07. The summed E-state index contributed by atoms with van der Waals surface area (Å²) in [5.41, 5.74) is 3.31. The molecule has 2 aromatic heterocycles. The summed E-state index contributed by atoms with van der Waals surface area (Å²) >= 11 is 0. The summed E-state index contributed by atoms with van der Waals surface area (Å²) < 4.78 is 1.81. The van der Waals surface area contributed by atoms with Crippen LogP contribution >= 0.6 is 0 Å². The van der Waals surface area contributed by atoms with Gasteiger partial charge in [-0.15, -0.1) is 10.2 Å². The molecular weight excluding hydrogens is 298 g/mol. The number of anilines is 2. The Morgan fingerprint density at radius 2 is 1.67 bits per heavy atom. The molecule has 0 bridgehead atoms. The molecule has 0 aliphatic carbocycles. The third-order valence-corrected chi connectivity index (χ3v) is 3.66. The maximum absolute atomic E-state index is 4.22. The lowest BCUT2D eigenvalue weighted by atomic mass is 10.1. The topological polar surface area (TPSA) is 55.6 Å². The first-order valence-electron chi connectivity index (χ1n) is 7.63. The van der Waals surface area contributed by atoms with Gasteiger partial charge in [-0.2, -0.15) is 0 Å². The quantitative estimate of drug-likeness (QED) is 0.617. The molecule has 0 unspecified atom stereocenters. The van der Waals surface area contributed by atoms with Crippen molar-refractivity contribution in [2.24, 2.45) is 0 Å². The van der Waals surface area contributed by atoms with Crippen molar-refractivity contribution in [1.29, 1.82) is 0 Å². The Balaban J connectivity index is 1.55. The summed E-state index contributed by atoms with van der Waals surface area (Å²) in [6, 6.07) is 22.3. The van der Waals surface area contributed by atoms with Crippen LogP contribution in [0.4, 0.5) is 11.5 Å². The third kappa shape index (κ3) is 3.01. The standard InChI is InChI=1S/C19H15N5/c1-2-5-15(6-3-1)16-7-4-8-17(13-16)21-18-9-10-19(23-22-18)24-12-11-20-14-24/h1-14H,(H,21,22). The van der Waals surface area contributed by atoms with Crippen LogP contribution in [-0.2, 0) is 0 Å². The molecule has 0 atom stereocenters. The summed E-state index contributed by atoms with van der Waals surface area (Å²) in [6.07, 6.45) is 5.24. The first-order chi connectivity index (χ1) is 11.9. The summed E-state index contributed by atoms with van der Waals surface area (Å²) in [5, 5.41) is 11.7. The van der Waals surface area contributed by atoms with Crippen LogP contribution in [0.5, 0.6) is 0 Å². The van der Waals surface area contributed by atoms with E-state index in [9.17, 15) is 0 Å². The average Bonchev–Trinajstić information content (AvgIpc) is 3.18. The minimum Gasteiger partial charge on any atom is -0.339 e. The summed E-state index contributed by atoms with van der Waals surface area (Å²) in [7, 11) is 0. The van der Waals surface area contributed by atoms with Gasteiger partial charge in [0.25, 0.3) is 0 Å². The first kappa shape index (κ1) is 14.1. The van der Waals surface area contributed by atoms with Crippen molar-refractivity contribution in [3.8, 4) is 16.9 Å². The van der Waals surface area contributed by atoms with Gasteiger partial charge in [-0.3, -0.25) is 4.57 Å². The van der Waals surface area contributed by atoms with Gasteiger partial charge < -0.3 is 5.32 Å². The smallest absolute Gasteiger partial charge is 0.160 e. The molecule has 1 N–H and O–H groups in total. The molecule has 116 valence electrons. The van der Waals surface area contributed by atoms with Crippen LogP contribution in [0.3, 0.4) is 0 Å². The molecule has 4 aromatic rings. The van der Waals surface area contributed by atoms with Gasteiger partial charge in [-0.25, -0.2) is 4.98 Å². The lowest BCUT2D eigenvalue weighted by Crippen LogP contribution is -2.00. The minimum atomic E-state index is 0.698. The minimum absolute atomic E-state index is 0.698. The first-order valence-corrected chi connectivity index (χ1v) is 7.63. The fraction of sp³-hybridized carbons (Fsp3) is 0. The maximum Gasteiger partial charge on any atom is 0.160 e. The van der Waals surface area contributed by atoms with Gasteiger partial charge in [0, 0.05) is 18.1 Å². The van der Waals surface area contributed by atoms with Gasteiger partial charge in [0.2, 0.25) is 0 Å². The molecule has 2 aromatic carbocycles. The second kappa shape index (κ2) is 6.34. The van der Waals surface area contributed by atoms with Gasteiger partial charge >= 0.3 is 0 Å². The monoisotopic (exact) mass is 313 g/mol. The molecule has 0 saturated carbocycles. The number of hydrogen-bond donors (Lipinski definition) is 1. The number of nitrogens with zero attached hydrogens (tertiary/aromatic N) is 4. The van der Waals surface area contributed by atoms with E-state index in [0.717, 1.165) is 17.1 Å². The molecule has 5 heteroatoms. The number of nitrogens with one attached hydrogen (secondary N) is 1. The van der Waals surface area contributed by atoms with Crippen LogP contribution in [0.25, 0.3) is 16.9 Å². The summed E-state index contributed by atoms with van der Waals surface area (Å²) in [6.45, 7) is 0. The molecule has 0 aliphatic heterocycles. The Hall–Kier alpha value is -3.47. The predicted molar refractivity (Wildman–Crippen MR) is 94.3 cm³/mol. The molecule has 0 saturated heterocycles. The van der Waals surface area contributed by atoms with Gasteiger partial charge in [0.1, 0.15) is 6.33 Å². The van der Waals surface area contributed by atoms with E-state index in [-0.39, 0.29) is 0 Å². The molecular formula is C19H15N5. The van der Waals surface area contributed by atoms with Crippen LogP contribution in [0.1, 0.15) is 0 Å². The number of rotatable bonds is 4. The fourth-order valence-corrected chi connectivity index (χ4v) is 2.48. The molecule has 0 amide bonds. The zero-order valence-electron chi connectivity index (χ0n) is 12.9. The molecule has 4 rings (SSSR count). The Labute approximate surface area is 139 Å². The van der Waals surface area contributed by atoms with E-state index in [4.69, 9.17) is 0 Å². The zero-order chi connectivity index (χ0) is 16.2. The Morgan fingerprint density at radius 1 is 0.792 bits per heavy atom. The Morgan fingerprint density at radius 3 is 2.42 bits per heavy atom.